The number of piperidine rings is 2. The van der Waals surface area contributed by atoms with Crippen LogP contribution in [-0.4, -0.2) is 60.0 Å². The maximum atomic E-state index is 12.2. The molecular weight excluding hydrogens is 264 g/mol. The highest BCUT2D eigenvalue weighted by Gasteiger charge is 2.42. The Morgan fingerprint density at radius 2 is 1.67 bits per heavy atom. The van der Waals surface area contributed by atoms with Gasteiger partial charge in [0.1, 0.15) is 5.78 Å². The van der Waals surface area contributed by atoms with Crippen molar-refractivity contribution in [1.29, 1.82) is 0 Å². The Morgan fingerprint density at radius 3 is 2.24 bits per heavy atom. The summed E-state index contributed by atoms with van der Waals surface area (Å²) in [6.07, 6.45) is -0.502. The standard InChI is InChI=1S/C17H24N2O2/c1-12(16(20)13-6-4-3-5-7-13)19-10-14-8-18(2)9-15(11-19)17(14)21/h3-7,12,14-16,20H,8-11H2,1-2H3/t12-,14-,15+,16-/m0/s1. The molecule has 0 amide bonds. The van der Waals surface area contributed by atoms with Crippen molar-refractivity contribution in [2.75, 3.05) is 33.2 Å². The normalized spacial score (nSPS) is 30.1. The molecule has 2 bridgehead atoms. The molecule has 2 heterocycles. The van der Waals surface area contributed by atoms with E-state index in [4.69, 9.17) is 0 Å². The third-order valence-corrected chi connectivity index (χ3v) is 4.95. The number of carbonyl (C=O) groups excluding carboxylic acids is 1. The zero-order valence-corrected chi connectivity index (χ0v) is 12.8. The number of rotatable bonds is 3. The summed E-state index contributed by atoms with van der Waals surface area (Å²) >= 11 is 0. The van der Waals surface area contributed by atoms with Crippen LogP contribution in [-0.2, 0) is 4.79 Å². The third-order valence-electron chi connectivity index (χ3n) is 4.95. The summed E-state index contributed by atoms with van der Waals surface area (Å²) in [5.41, 5.74) is 0.948. The minimum absolute atomic E-state index is 0.0360. The van der Waals surface area contributed by atoms with Crippen molar-refractivity contribution < 1.29 is 9.90 Å². The van der Waals surface area contributed by atoms with Crippen molar-refractivity contribution in [3.63, 3.8) is 0 Å². The lowest BCUT2D eigenvalue weighted by molar-refractivity contribution is -0.139. The first-order valence-corrected chi connectivity index (χ1v) is 7.75. The van der Waals surface area contributed by atoms with Crippen molar-refractivity contribution in [2.45, 2.75) is 19.1 Å². The summed E-state index contributed by atoms with van der Waals surface area (Å²) < 4.78 is 0. The van der Waals surface area contributed by atoms with E-state index in [9.17, 15) is 9.90 Å². The average molecular weight is 288 g/mol. The zero-order valence-electron chi connectivity index (χ0n) is 12.8. The summed E-state index contributed by atoms with van der Waals surface area (Å²) in [6.45, 7) is 5.29. The van der Waals surface area contributed by atoms with E-state index in [1.54, 1.807) is 0 Å². The molecule has 4 atom stereocenters. The highest BCUT2D eigenvalue weighted by atomic mass is 16.3. The summed E-state index contributed by atoms with van der Waals surface area (Å²) in [6, 6.07) is 9.83. The van der Waals surface area contributed by atoms with E-state index >= 15 is 0 Å². The van der Waals surface area contributed by atoms with Crippen LogP contribution in [0.2, 0.25) is 0 Å². The van der Waals surface area contributed by atoms with Crippen LogP contribution in [0.4, 0.5) is 0 Å². The molecule has 2 fully saturated rings. The molecule has 0 spiro atoms. The summed E-state index contributed by atoms with van der Waals surface area (Å²) in [5, 5.41) is 10.6. The molecule has 1 aromatic carbocycles. The lowest BCUT2D eigenvalue weighted by atomic mass is 9.82. The first kappa shape index (κ1) is 14.7. The summed E-state index contributed by atoms with van der Waals surface area (Å²) in [5.74, 6) is 0.631. The molecule has 0 aliphatic carbocycles. The van der Waals surface area contributed by atoms with Crippen molar-refractivity contribution in [1.82, 2.24) is 9.80 Å². The largest absolute Gasteiger partial charge is 0.387 e. The van der Waals surface area contributed by atoms with Crippen molar-refractivity contribution in [2.24, 2.45) is 11.8 Å². The maximum Gasteiger partial charge on any atom is 0.144 e. The predicted molar refractivity (Wildman–Crippen MR) is 81.9 cm³/mol. The molecule has 2 saturated heterocycles. The Hall–Kier alpha value is -1.23. The number of aliphatic hydroxyl groups excluding tert-OH is 1. The highest BCUT2D eigenvalue weighted by molar-refractivity contribution is 5.85. The van der Waals surface area contributed by atoms with Gasteiger partial charge in [-0.3, -0.25) is 9.69 Å². The van der Waals surface area contributed by atoms with Gasteiger partial charge in [-0.15, -0.1) is 0 Å². The molecule has 0 unspecified atom stereocenters. The van der Waals surface area contributed by atoms with E-state index in [0.29, 0.717) is 5.78 Å². The number of nitrogens with zero attached hydrogens (tertiary/aromatic N) is 2. The van der Waals surface area contributed by atoms with Crippen LogP contribution in [0, 0.1) is 11.8 Å². The molecule has 1 aromatic rings. The maximum absolute atomic E-state index is 12.2. The Balaban J connectivity index is 1.72. The molecule has 0 saturated carbocycles. The number of hydrogen-bond acceptors (Lipinski definition) is 4. The van der Waals surface area contributed by atoms with Crippen LogP contribution >= 0.6 is 0 Å². The van der Waals surface area contributed by atoms with Gasteiger partial charge >= 0.3 is 0 Å². The van der Waals surface area contributed by atoms with Crippen LogP contribution in [0.25, 0.3) is 0 Å². The van der Waals surface area contributed by atoms with Crippen LogP contribution < -0.4 is 0 Å². The van der Waals surface area contributed by atoms with Gasteiger partial charge in [-0.2, -0.15) is 0 Å². The number of likely N-dealkylation sites (tertiary alicyclic amines) is 2. The number of benzene rings is 1. The molecule has 21 heavy (non-hydrogen) atoms. The molecule has 0 radical (unpaired) electrons. The molecule has 0 aromatic heterocycles. The molecule has 3 rings (SSSR count). The van der Waals surface area contributed by atoms with Gasteiger partial charge in [0.25, 0.3) is 0 Å². The zero-order chi connectivity index (χ0) is 15.0. The average Bonchev–Trinajstić information content (AvgIpc) is 2.48. The van der Waals surface area contributed by atoms with E-state index in [1.165, 1.54) is 0 Å². The smallest absolute Gasteiger partial charge is 0.144 e. The quantitative estimate of drug-likeness (QED) is 0.907. The number of ketones is 1. The number of Topliss-reactive ketones (excluding diaryl/α,β-unsaturated/α-hetero) is 1. The second kappa shape index (κ2) is 5.87. The molecule has 2 aliphatic heterocycles. The van der Waals surface area contributed by atoms with Crippen LogP contribution in [0.3, 0.4) is 0 Å². The van der Waals surface area contributed by atoms with E-state index in [2.05, 4.69) is 23.8 Å². The van der Waals surface area contributed by atoms with Crippen LogP contribution in [0.5, 0.6) is 0 Å². The first-order valence-electron chi connectivity index (χ1n) is 7.75. The van der Waals surface area contributed by atoms with Gasteiger partial charge < -0.3 is 10.0 Å². The first-order chi connectivity index (χ1) is 10.1. The Labute approximate surface area is 126 Å². The minimum atomic E-state index is -0.502. The summed E-state index contributed by atoms with van der Waals surface area (Å²) in [4.78, 5) is 16.8. The number of fused-ring (bicyclic) bond motifs is 2. The van der Waals surface area contributed by atoms with Crippen molar-refractivity contribution in [3.8, 4) is 0 Å². The van der Waals surface area contributed by atoms with E-state index < -0.39 is 6.10 Å². The monoisotopic (exact) mass is 288 g/mol. The van der Waals surface area contributed by atoms with Gasteiger partial charge in [-0.05, 0) is 19.5 Å². The van der Waals surface area contributed by atoms with Gasteiger partial charge in [0.05, 0.1) is 6.10 Å². The summed E-state index contributed by atoms with van der Waals surface area (Å²) in [7, 11) is 2.09. The highest BCUT2D eigenvalue weighted by Crippen LogP contribution is 2.29. The molecule has 1 N–H and O–H groups in total. The van der Waals surface area contributed by atoms with Gasteiger partial charge in [0, 0.05) is 44.1 Å². The fourth-order valence-corrected chi connectivity index (χ4v) is 3.74. The molecule has 2 aliphatic rings. The van der Waals surface area contributed by atoms with Gasteiger partial charge in [-0.1, -0.05) is 30.3 Å². The predicted octanol–water partition coefficient (Wildman–Crippen LogP) is 1.17. The number of hydrogen-bond donors (Lipinski definition) is 1. The second-order valence-corrected chi connectivity index (χ2v) is 6.57. The molecular formula is C17H24N2O2. The second-order valence-electron chi connectivity index (χ2n) is 6.57. The topological polar surface area (TPSA) is 43.8 Å². The third kappa shape index (κ3) is 2.89. The van der Waals surface area contributed by atoms with Gasteiger partial charge in [0.15, 0.2) is 0 Å². The Kier molecular flexibility index (Phi) is 4.11. The van der Waals surface area contributed by atoms with E-state index in [-0.39, 0.29) is 17.9 Å². The lowest BCUT2D eigenvalue weighted by Crippen LogP contribution is -2.59. The van der Waals surface area contributed by atoms with Crippen LogP contribution in [0.15, 0.2) is 30.3 Å². The fraction of sp³-hybridized carbons (Fsp3) is 0.588. The fourth-order valence-electron chi connectivity index (χ4n) is 3.74. The minimum Gasteiger partial charge on any atom is -0.387 e. The lowest BCUT2D eigenvalue weighted by Gasteiger charge is -2.46. The number of aliphatic hydroxyl groups is 1. The van der Waals surface area contributed by atoms with Gasteiger partial charge in [0.2, 0.25) is 0 Å². The Bertz CT molecular complexity index is 487. The van der Waals surface area contributed by atoms with Crippen LogP contribution in [0.1, 0.15) is 18.6 Å². The molecule has 4 heteroatoms. The molecule has 114 valence electrons. The number of carbonyl (C=O) groups is 1. The molecule has 4 nitrogen and oxygen atoms in total. The van der Waals surface area contributed by atoms with Crippen molar-refractivity contribution >= 4 is 5.78 Å². The van der Waals surface area contributed by atoms with Crippen molar-refractivity contribution in [3.05, 3.63) is 35.9 Å². The SMILES string of the molecule is C[C@@H]([C@H](O)c1ccccc1)N1C[C@H]2CN(C)C[C@@H](C1)C2=O. The van der Waals surface area contributed by atoms with E-state index in [1.807, 2.05) is 30.3 Å². The Morgan fingerprint density at radius 1 is 1.10 bits per heavy atom. The van der Waals surface area contributed by atoms with Gasteiger partial charge in [-0.25, -0.2) is 0 Å². The van der Waals surface area contributed by atoms with E-state index in [0.717, 1.165) is 31.7 Å².